The zero-order valence-corrected chi connectivity index (χ0v) is 8.25. The van der Waals surface area contributed by atoms with Crippen molar-refractivity contribution in [1.82, 2.24) is 0 Å². The minimum Gasteiger partial charge on any atom is -0.473 e. The van der Waals surface area contributed by atoms with Gasteiger partial charge in [-0.2, -0.15) is 5.26 Å². The van der Waals surface area contributed by atoms with Gasteiger partial charge in [-0.25, -0.2) is 4.39 Å². The highest BCUT2D eigenvalue weighted by molar-refractivity contribution is 5.30. The Hall–Kier alpha value is -1.56. The van der Waals surface area contributed by atoms with Crippen LogP contribution in [-0.2, 0) is 0 Å². The summed E-state index contributed by atoms with van der Waals surface area (Å²) in [7, 11) is 0. The Balaban J connectivity index is 2.87. The second-order valence-electron chi connectivity index (χ2n) is 3.03. The van der Waals surface area contributed by atoms with Crippen LogP contribution in [0.5, 0.6) is 5.75 Å². The maximum atomic E-state index is 13.4. The molecule has 0 aliphatic carbocycles. The van der Waals surface area contributed by atoms with E-state index < -0.39 is 6.10 Å². The normalized spacial score (nSPS) is 11.9. The van der Waals surface area contributed by atoms with Crippen LogP contribution in [0.25, 0.3) is 0 Å². The van der Waals surface area contributed by atoms with Gasteiger partial charge in [-0.05, 0) is 25.0 Å². The Morgan fingerprint density at radius 2 is 2.29 bits per heavy atom. The van der Waals surface area contributed by atoms with E-state index in [1.165, 1.54) is 6.07 Å². The van der Waals surface area contributed by atoms with Crippen molar-refractivity contribution in [1.29, 1.82) is 5.26 Å². The van der Waals surface area contributed by atoms with Crippen LogP contribution in [0.4, 0.5) is 4.39 Å². The van der Waals surface area contributed by atoms with Crippen LogP contribution in [-0.4, -0.2) is 6.10 Å². The van der Waals surface area contributed by atoms with E-state index in [2.05, 4.69) is 0 Å². The molecule has 0 aliphatic heterocycles. The fraction of sp³-hybridized carbons (Fsp3) is 0.364. The molecule has 0 saturated carbocycles. The fourth-order valence-corrected chi connectivity index (χ4v) is 1.07. The van der Waals surface area contributed by atoms with E-state index in [4.69, 9.17) is 10.00 Å². The van der Waals surface area contributed by atoms with Crippen LogP contribution in [0.1, 0.15) is 18.9 Å². The molecule has 14 heavy (non-hydrogen) atoms. The molecule has 1 aromatic carbocycles. The highest BCUT2D eigenvalue weighted by Gasteiger charge is 2.11. The summed E-state index contributed by atoms with van der Waals surface area (Å²) in [4.78, 5) is 0. The number of ether oxygens (including phenoxy) is 1. The van der Waals surface area contributed by atoms with E-state index in [0.717, 1.165) is 0 Å². The molecule has 0 fully saturated rings. The molecule has 0 spiro atoms. The van der Waals surface area contributed by atoms with E-state index in [1.807, 2.05) is 13.0 Å². The molecule has 0 N–H and O–H groups in total. The van der Waals surface area contributed by atoms with E-state index in [1.54, 1.807) is 19.1 Å². The van der Waals surface area contributed by atoms with Crippen molar-refractivity contribution in [3.05, 3.63) is 29.6 Å². The SMILES string of the molecule is CCC(C#N)Oc1cccc(C)c1F. The predicted molar refractivity (Wildman–Crippen MR) is 51.5 cm³/mol. The van der Waals surface area contributed by atoms with Crippen molar-refractivity contribution >= 4 is 0 Å². The van der Waals surface area contributed by atoms with Crippen LogP contribution in [0.2, 0.25) is 0 Å². The van der Waals surface area contributed by atoms with Crippen molar-refractivity contribution in [2.24, 2.45) is 0 Å². The highest BCUT2D eigenvalue weighted by atomic mass is 19.1. The summed E-state index contributed by atoms with van der Waals surface area (Å²) in [6.07, 6.45) is -0.0320. The van der Waals surface area contributed by atoms with Gasteiger partial charge >= 0.3 is 0 Å². The van der Waals surface area contributed by atoms with Gasteiger partial charge in [-0.15, -0.1) is 0 Å². The Morgan fingerprint density at radius 1 is 1.57 bits per heavy atom. The first-order valence-electron chi connectivity index (χ1n) is 4.50. The van der Waals surface area contributed by atoms with Crippen LogP contribution < -0.4 is 4.74 Å². The predicted octanol–water partition coefficient (Wildman–Crippen LogP) is 2.82. The van der Waals surface area contributed by atoms with Gasteiger partial charge in [0.05, 0.1) is 0 Å². The van der Waals surface area contributed by atoms with E-state index >= 15 is 0 Å². The third-order valence-electron chi connectivity index (χ3n) is 1.94. The lowest BCUT2D eigenvalue weighted by Crippen LogP contribution is -2.13. The van der Waals surface area contributed by atoms with Crippen LogP contribution in [0.3, 0.4) is 0 Å². The van der Waals surface area contributed by atoms with Crippen LogP contribution in [0.15, 0.2) is 18.2 Å². The largest absolute Gasteiger partial charge is 0.473 e. The lowest BCUT2D eigenvalue weighted by molar-refractivity contribution is 0.240. The van der Waals surface area contributed by atoms with Crippen molar-refractivity contribution in [2.45, 2.75) is 26.4 Å². The van der Waals surface area contributed by atoms with Crippen LogP contribution >= 0.6 is 0 Å². The average Bonchev–Trinajstić information content (AvgIpc) is 2.20. The van der Waals surface area contributed by atoms with Gasteiger partial charge in [0.25, 0.3) is 0 Å². The number of rotatable bonds is 3. The number of hydrogen-bond acceptors (Lipinski definition) is 2. The monoisotopic (exact) mass is 193 g/mol. The maximum absolute atomic E-state index is 13.4. The van der Waals surface area contributed by atoms with Gasteiger partial charge < -0.3 is 4.74 Å². The van der Waals surface area contributed by atoms with E-state index in [-0.39, 0.29) is 11.6 Å². The summed E-state index contributed by atoms with van der Waals surface area (Å²) < 4.78 is 18.6. The molecule has 0 aromatic heterocycles. The number of hydrogen-bond donors (Lipinski definition) is 0. The van der Waals surface area contributed by atoms with Crippen molar-refractivity contribution in [3.63, 3.8) is 0 Å². The fourth-order valence-electron chi connectivity index (χ4n) is 1.07. The first-order chi connectivity index (χ1) is 6.69. The average molecular weight is 193 g/mol. The molecule has 1 atom stereocenters. The number of benzene rings is 1. The summed E-state index contributed by atoms with van der Waals surface area (Å²) in [5, 5.41) is 8.65. The Kier molecular flexibility index (Phi) is 3.47. The minimum absolute atomic E-state index is 0.151. The van der Waals surface area contributed by atoms with Gasteiger partial charge in [0.15, 0.2) is 17.7 Å². The van der Waals surface area contributed by atoms with Crippen LogP contribution in [0, 0.1) is 24.1 Å². The lowest BCUT2D eigenvalue weighted by Gasteiger charge is -2.11. The van der Waals surface area contributed by atoms with Gasteiger partial charge in [0.1, 0.15) is 6.07 Å². The molecule has 3 heteroatoms. The first-order valence-corrected chi connectivity index (χ1v) is 4.50. The maximum Gasteiger partial charge on any atom is 0.184 e. The first kappa shape index (κ1) is 10.5. The zero-order valence-electron chi connectivity index (χ0n) is 8.25. The molecule has 0 saturated heterocycles. The molecular weight excluding hydrogens is 181 g/mol. The zero-order chi connectivity index (χ0) is 10.6. The third-order valence-corrected chi connectivity index (χ3v) is 1.94. The molecule has 1 unspecified atom stereocenters. The quantitative estimate of drug-likeness (QED) is 0.739. The van der Waals surface area contributed by atoms with Gasteiger partial charge in [0, 0.05) is 0 Å². The molecule has 1 rings (SSSR count). The highest BCUT2D eigenvalue weighted by Crippen LogP contribution is 2.21. The summed E-state index contributed by atoms with van der Waals surface area (Å²) in [6, 6.07) is 6.86. The van der Waals surface area contributed by atoms with E-state index in [9.17, 15) is 4.39 Å². The Labute approximate surface area is 82.9 Å². The topological polar surface area (TPSA) is 33.0 Å². The van der Waals surface area contributed by atoms with Crippen molar-refractivity contribution in [3.8, 4) is 11.8 Å². The molecule has 1 aromatic rings. The molecule has 0 aliphatic rings. The molecule has 2 nitrogen and oxygen atoms in total. The molecule has 74 valence electrons. The third kappa shape index (κ3) is 2.23. The summed E-state index contributed by atoms with van der Waals surface area (Å²) in [5.41, 5.74) is 0.523. The summed E-state index contributed by atoms with van der Waals surface area (Å²) in [5.74, 6) is -0.236. The Bertz CT molecular complexity index is 357. The number of nitrogens with zero attached hydrogens (tertiary/aromatic N) is 1. The molecule has 0 bridgehead atoms. The van der Waals surface area contributed by atoms with Crippen molar-refractivity contribution < 1.29 is 9.13 Å². The minimum atomic E-state index is -0.578. The smallest absolute Gasteiger partial charge is 0.184 e. The Morgan fingerprint density at radius 3 is 2.86 bits per heavy atom. The summed E-state index contributed by atoms with van der Waals surface area (Å²) >= 11 is 0. The molecule has 0 radical (unpaired) electrons. The second kappa shape index (κ2) is 4.61. The van der Waals surface area contributed by atoms with Gasteiger partial charge in [0.2, 0.25) is 0 Å². The molecule has 0 amide bonds. The van der Waals surface area contributed by atoms with E-state index in [0.29, 0.717) is 12.0 Å². The lowest BCUT2D eigenvalue weighted by atomic mass is 10.2. The second-order valence-corrected chi connectivity index (χ2v) is 3.03. The number of halogens is 1. The molecular formula is C11H12FNO. The standard InChI is InChI=1S/C11H12FNO/c1-3-9(7-13)14-10-6-4-5-8(2)11(10)12/h4-6,9H,3H2,1-2H3. The van der Waals surface area contributed by atoms with Crippen molar-refractivity contribution in [2.75, 3.05) is 0 Å². The molecule has 0 heterocycles. The summed E-state index contributed by atoms with van der Waals surface area (Å²) in [6.45, 7) is 3.48. The van der Waals surface area contributed by atoms with Gasteiger partial charge in [-0.3, -0.25) is 0 Å². The van der Waals surface area contributed by atoms with Gasteiger partial charge in [-0.1, -0.05) is 19.1 Å². The number of nitriles is 1. The number of aryl methyl sites for hydroxylation is 1.